The molecular weight excluding hydrogens is 338 g/mol. The van der Waals surface area contributed by atoms with Crippen LogP contribution in [0.4, 0.5) is 0 Å². The second kappa shape index (κ2) is 6.32. The molecule has 5 rings (SSSR count). The molecule has 0 spiro atoms. The lowest BCUT2D eigenvalue weighted by Crippen LogP contribution is -2.30. The normalized spacial score (nSPS) is 22.1. The van der Waals surface area contributed by atoms with Gasteiger partial charge in [0.25, 0.3) is 0 Å². The fourth-order valence-electron chi connectivity index (χ4n) is 4.92. The molecule has 3 aromatic rings. The largest absolute Gasteiger partial charge is 0.324 e. The Bertz CT molecular complexity index is 1100. The predicted octanol–water partition coefficient (Wildman–Crippen LogP) is 6.08. The van der Waals surface area contributed by atoms with E-state index in [4.69, 9.17) is 5.73 Å². The summed E-state index contributed by atoms with van der Waals surface area (Å²) >= 11 is 0. The van der Waals surface area contributed by atoms with Crippen LogP contribution in [0.25, 0.3) is 16.7 Å². The summed E-state index contributed by atoms with van der Waals surface area (Å²) in [6.45, 7) is 4.62. The lowest BCUT2D eigenvalue weighted by atomic mass is 9.75. The Morgan fingerprint density at radius 3 is 2.14 bits per heavy atom. The number of allylic oxidation sites excluding steroid dienone is 2. The standard InChI is InChI=1S/C27H25N/c1-27(2)24-15-9-8-14-21(24)22-16-23(26(28)17-25(22)27)20-13-7-6-12-19(20)18-10-4-3-5-11-18/h3-17,23,26H,28H2,1-2H3. The van der Waals surface area contributed by atoms with E-state index in [9.17, 15) is 0 Å². The minimum atomic E-state index is -0.0304. The number of hydrogen-bond acceptors (Lipinski definition) is 1. The van der Waals surface area contributed by atoms with Gasteiger partial charge in [0.1, 0.15) is 0 Å². The second-order valence-electron chi connectivity index (χ2n) is 8.39. The minimum Gasteiger partial charge on any atom is -0.324 e. The van der Waals surface area contributed by atoms with Crippen LogP contribution in [0.5, 0.6) is 0 Å². The molecule has 0 bridgehead atoms. The molecule has 28 heavy (non-hydrogen) atoms. The molecule has 138 valence electrons. The van der Waals surface area contributed by atoms with Crippen molar-refractivity contribution in [1.29, 1.82) is 0 Å². The van der Waals surface area contributed by atoms with Gasteiger partial charge in [-0.1, -0.05) is 105 Å². The summed E-state index contributed by atoms with van der Waals surface area (Å²) < 4.78 is 0. The fraction of sp³-hybridized carbons (Fsp3) is 0.185. The van der Waals surface area contributed by atoms with Crippen LogP contribution in [0, 0.1) is 0 Å². The smallest absolute Gasteiger partial charge is 0.0335 e. The van der Waals surface area contributed by atoms with E-state index in [0.717, 1.165) is 0 Å². The minimum absolute atomic E-state index is 0.00393. The number of nitrogens with two attached hydrogens (primary N) is 1. The third-order valence-corrected chi connectivity index (χ3v) is 6.38. The number of benzene rings is 3. The summed E-state index contributed by atoms with van der Waals surface area (Å²) in [4.78, 5) is 0. The molecule has 0 radical (unpaired) electrons. The Balaban J connectivity index is 1.67. The maximum Gasteiger partial charge on any atom is 0.0335 e. The van der Waals surface area contributed by atoms with E-state index < -0.39 is 0 Å². The molecule has 0 aliphatic heterocycles. The summed E-state index contributed by atoms with van der Waals surface area (Å²) in [5.41, 5.74) is 16.0. The van der Waals surface area contributed by atoms with Crippen molar-refractivity contribution >= 4 is 5.57 Å². The Morgan fingerprint density at radius 2 is 1.36 bits per heavy atom. The molecule has 2 aliphatic carbocycles. The molecule has 1 nitrogen and oxygen atoms in total. The van der Waals surface area contributed by atoms with E-state index in [0.29, 0.717) is 0 Å². The fourth-order valence-corrected chi connectivity index (χ4v) is 4.92. The van der Waals surface area contributed by atoms with Crippen molar-refractivity contribution in [2.75, 3.05) is 0 Å². The van der Waals surface area contributed by atoms with Crippen molar-refractivity contribution in [2.45, 2.75) is 31.2 Å². The molecule has 0 aromatic heterocycles. The number of hydrogen-bond donors (Lipinski definition) is 1. The van der Waals surface area contributed by atoms with E-state index in [-0.39, 0.29) is 17.4 Å². The van der Waals surface area contributed by atoms with Gasteiger partial charge in [0.2, 0.25) is 0 Å². The Kier molecular flexibility index (Phi) is 3.89. The van der Waals surface area contributed by atoms with E-state index in [1.165, 1.54) is 39.0 Å². The maximum atomic E-state index is 6.75. The van der Waals surface area contributed by atoms with Gasteiger partial charge in [-0.2, -0.15) is 0 Å². The summed E-state index contributed by atoms with van der Waals surface area (Å²) in [7, 11) is 0. The van der Waals surface area contributed by atoms with Crippen LogP contribution in [0.3, 0.4) is 0 Å². The molecule has 2 atom stereocenters. The third-order valence-electron chi connectivity index (χ3n) is 6.38. The third kappa shape index (κ3) is 2.51. The van der Waals surface area contributed by atoms with Crippen molar-refractivity contribution in [2.24, 2.45) is 5.73 Å². The number of rotatable bonds is 2. The van der Waals surface area contributed by atoms with E-state index >= 15 is 0 Å². The molecule has 1 heteroatoms. The first-order valence-electron chi connectivity index (χ1n) is 10.0. The number of fused-ring (bicyclic) bond motifs is 3. The summed E-state index contributed by atoms with van der Waals surface area (Å²) in [5, 5.41) is 0. The van der Waals surface area contributed by atoms with Crippen LogP contribution < -0.4 is 5.73 Å². The highest BCUT2D eigenvalue weighted by Gasteiger charge is 2.41. The zero-order valence-electron chi connectivity index (χ0n) is 16.4. The summed E-state index contributed by atoms with van der Waals surface area (Å²) in [6.07, 6.45) is 4.72. The van der Waals surface area contributed by atoms with Crippen LogP contribution >= 0.6 is 0 Å². The summed E-state index contributed by atoms with van der Waals surface area (Å²) in [5.74, 6) is 0.164. The molecule has 2 unspecified atom stereocenters. The summed E-state index contributed by atoms with van der Waals surface area (Å²) in [6, 6.07) is 28.0. The van der Waals surface area contributed by atoms with Gasteiger partial charge in [-0.05, 0) is 39.0 Å². The average molecular weight is 364 g/mol. The van der Waals surface area contributed by atoms with Gasteiger partial charge in [0, 0.05) is 17.4 Å². The predicted molar refractivity (Wildman–Crippen MR) is 118 cm³/mol. The maximum absolute atomic E-state index is 6.75. The molecular formula is C27H25N. The van der Waals surface area contributed by atoms with Gasteiger partial charge >= 0.3 is 0 Å². The molecule has 2 N–H and O–H groups in total. The SMILES string of the molecule is CC1(C)C2=CC(N)C(c3ccccc3-c3ccccc3)C=C2c2ccccc21. The monoisotopic (exact) mass is 363 g/mol. The lowest BCUT2D eigenvalue weighted by Gasteiger charge is -2.30. The van der Waals surface area contributed by atoms with Crippen molar-refractivity contribution in [3.05, 3.63) is 113 Å². The Morgan fingerprint density at radius 1 is 0.714 bits per heavy atom. The van der Waals surface area contributed by atoms with E-state index in [1.807, 2.05) is 0 Å². The first-order valence-corrected chi connectivity index (χ1v) is 10.0. The molecule has 0 heterocycles. The van der Waals surface area contributed by atoms with Crippen molar-refractivity contribution in [3.63, 3.8) is 0 Å². The lowest BCUT2D eigenvalue weighted by molar-refractivity contribution is 0.633. The Labute approximate surface area is 167 Å². The molecule has 2 aliphatic rings. The van der Waals surface area contributed by atoms with Gasteiger partial charge in [0.05, 0.1) is 0 Å². The van der Waals surface area contributed by atoms with Crippen LogP contribution in [-0.4, -0.2) is 6.04 Å². The van der Waals surface area contributed by atoms with E-state index in [2.05, 4.69) is 105 Å². The van der Waals surface area contributed by atoms with Gasteiger partial charge in [0.15, 0.2) is 0 Å². The first kappa shape index (κ1) is 17.2. The molecule has 0 saturated heterocycles. The van der Waals surface area contributed by atoms with Crippen LogP contribution in [0.15, 0.2) is 96.6 Å². The second-order valence-corrected chi connectivity index (χ2v) is 8.39. The van der Waals surface area contributed by atoms with Crippen LogP contribution in [-0.2, 0) is 5.41 Å². The van der Waals surface area contributed by atoms with Crippen LogP contribution in [0.2, 0.25) is 0 Å². The first-order chi connectivity index (χ1) is 13.6. The quantitative estimate of drug-likeness (QED) is 0.587. The van der Waals surface area contributed by atoms with Gasteiger partial charge in [-0.25, -0.2) is 0 Å². The van der Waals surface area contributed by atoms with Crippen molar-refractivity contribution in [3.8, 4) is 11.1 Å². The van der Waals surface area contributed by atoms with Crippen molar-refractivity contribution < 1.29 is 0 Å². The van der Waals surface area contributed by atoms with Gasteiger partial charge in [-0.15, -0.1) is 0 Å². The van der Waals surface area contributed by atoms with E-state index in [1.54, 1.807) is 0 Å². The molecule has 0 saturated carbocycles. The Hall–Kier alpha value is -2.90. The highest BCUT2D eigenvalue weighted by molar-refractivity contribution is 5.91. The van der Waals surface area contributed by atoms with Crippen molar-refractivity contribution in [1.82, 2.24) is 0 Å². The zero-order valence-corrected chi connectivity index (χ0v) is 16.4. The van der Waals surface area contributed by atoms with Gasteiger partial charge < -0.3 is 5.73 Å². The molecule has 0 amide bonds. The van der Waals surface area contributed by atoms with Crippen LogP contribution in [0.1, 0.15) is 36.5 Å². The highest BCUT2D eigenvalue weighted by atomic mass is 14.7. The topological polar surface area (TPSA) is 26.0 Å². The van der Waals surface area contributed by atoms with Gasteiger partial charge in [-0.3, -0.25) is 0 Å². The molecule has 0 fully saturated rings. The zero-order chi connectivity index (χ0) is 19.3. The average Bonchev–Trinajstić information content (AvgIpc) is 2.95. The molecule has 3 aromatic carbocycles. The highest BCUT2D eigenvalue weighted by Crippen LogP contribution is 2.53.